The minimum absolute atomic E-state index is 0.00682. The van der Waals surface area contributed by atoms with Gasteiger partial charge in [0.2, 0.25) is 5.91 Å². The monoisotopic (exact) mass is 329 g/mol. The number of likely N-dealkylation sites (tertiary alicyclic amines) is 1. The lowest BCUT2D eigenvalue weighted by atomic mass is 9.73. The first-order chi connectivity index (χ1) is 11.7. The highest BCUT2D eigenvalue weighted by Crippen LogP contribution is 2.42. The van der Waals surface area contributed by atoms with E-state index in [9.17, 15) is 9.59 Å². The Bertz CT molecular complexity index is 804. The van der Waals surface area contributed by atoms with E-state index in [-0.39, 0.29) is 17.7 Å². The summed E-state index contributed by atoms with van der Waals surface area (Å²) in [5, 5.41) is 11.0. The predicted molar refractivity (Wildman–Crippen MR) is 84.3 cm³/mol. The summed E-state index contributed by atoms with van der Waals surface area (Å²) in [5.41, 5.74) is 0.626. The number of rotatable bonds is 2. The van der Waals surface area contributed by atoms with Crippen molar-refractivity contribution in [3.8, 4) is 0 Å². The van der Waals surface area contributed by atoms with Crippen LogP contribution >= 0.6 is 0 Å². The molecule has 0 bridgehead atoms. The van der Waals surface area contributed by atoms with Crippen LogP contribution in [0.25, 0.3) is 5.52 Å². The van der Waals surface area contributed by atoms with Crippen LogP contribution in [0.2, 0.25) is 0 Å². The number of hydrogen-bond acceptors (Lipinski definition) is 5. The Morgan fingerprint density at radius 3 is 3.12 bits per heavy atom. The average molecular weight is 329 g/mol. The third kappa shape index (κ3) is 2.10. The number of aromatic nitrogens is 3. The normalized spacial score (nSPS) is 26.4. The lowest BCUT2D eigenvalue weighted by Crippen LogP contribution is -2.49. The molecule has 126 valence electrons. The minimum atomic E-state index is -0.552. The smallest absolute Gasteiger partial charge is 0.257 e. The molecule has 2 aromatic rings. The van der Waals surface area contributed by atoms with Gasteiger partial charge in [0.05, 0.1) is 23.8 Å². The highest BCUT2D eigenvalue weighted by Gasteiger charge is 2.54. The van der Waals surface area contributed by atoms with Gasteiger partial charge in [0, 0.05) is 38.9 Å². The number of amides is 2. The standard InChI is InChI=1S/C16H19N5O3/c1-17-15(23)16-4-6-24-9-11(16)8-20(10-16)14(22)12-7-19-21-13(12)3-2-5-18-21/h2-3,5,7,11H,4,6,8-10H2,1H3,(H,17,23)/t11-,16+/m1/s1. The quantitative estimate of drug-likeness (QED) is 0.835. The number of ether oxygens (including phenoxy) is 1. The lowest BCUT2D eigenvalue weighted by molar-refractivity contribution is -0.138. The van der Waals surface area contributed by atoms with Crippen molar-refractivity contribution < 1.29 is 14.3 Å². The van der Waals surface area contributed by atoms with Gasteiger partial charge in [-0.3, -0.25) is 9.59 Å². The van der Waals surface area contributed by atoms with Gasteiger partial charge in [0.15, 0.2) is 0 Å². The molecule has 0 aromatic carbocycles. The molecular weight excluding hydrogens is 310 g/mol. The Hall–Kier alpha value is -2.48. The van der Waals surface area contributed by atoms with Crippen LogP contribution in [0.4, 0.5) is 0 Å². The van der Waals surface area contributed by atoms with Crippen molar-refractivity contribution in [2.45, 2.75) is 6.42 Å². The van der Waals surface area contributed by atoms with Crippen LogP contribution in [0.15, 0.2) is 24.5 Å². The van der Waals surface area contributed by atoms with Crippen molar-refractivity contribution in [2.24, 2.45) is 11.3 Å². The molecule has 0 aliphatic carbocycles. The Balaban J connectivity index is 1.66. The van der Waals surface area contributed by atoms with Crippen molar-refractivity contribution >= 4 is 17.3 Å². The molecule has 2 aromatic heterocycles. The second-order valence-corrected chi connectivity index (χ2v) is 6.40. The summed E-state index contributed by atoms with van der Waals surface area (Å²) in [6.45, 7) is 1.99. The van der Waals surface area contributed by atoms with Crippen LogP contribution in [0, 0.1) is 11.3 Å². The Morgan fingerprint density at radius 2 is 2.29 bits per heavy atom. The van der Waals surface area contributed by atoms with E-state index in [1.54, 1.807) is 24.2 Å². The summed E-state index contributed by atoms with van der Waals surface area (Å²) in [4.78, 5) is 27.2. The first-order valence-electron chi connectivity index (χ1n) is 8.04. The molecule has 2 fully saturated rings. The van der Waals surface area contributed by atoms with Crippen LogP contribution in [0.3, 0.4) is 0 Å². The van der Waals surface area contributed by atoms with Crippen molar-refractivity contribution in [1.29, 1.82) is 0 Å². The maximum Gasteiger partial charge on any atom is 0.257 e. The topological polar surface area (TPSA) is 88.8 Å². The molecule has 2 saturated heterocycles. The molecule has 0 radical (unpaired) electrons. The molecule has 2 aliphatic heterocycles. The van der Waals surface area contributed by atoms with Crippen LogP contribution in [-0.2, 0) is 9.53 Å². The number of hydrogen-bond donors (Lipinski definition) is 1. The molecule has 8 heteroatoms. The number of carbonyl (C=O) groups is 2. The summed E-state index contributed by atoms with van der Waals surface area (Å²) < 4.78 is 6.99. The fraction of sp³-hybridized carbons (Fsp3) is 0.500. The number of carbonyl (C=O) groups excluding carboxylic acids is 2. The Labute approximate surface area is 138 Å². The van der Waals surface area contributed by atoms with E-state index in [4.69, 9.17) is 4.74 Å². The fourth-order valence-corrected chi connectivity index (χ4v) is 3.89. The van der Waals surface area contributed by atoms with Gasteiger partial charge in [-0.2, -0.15) is 14.8 Å². The SMILES string of the molecule is CNC(=O)[C@]12CCOC[C@H]1CN(C(=O)c1cnn3ncccc13)C2. The zero-order valence-electron chi connectivity index (χ0n) is 13.4. The van der Waals surface area contributed by atoms with E-state index >= 15 is 0 Å². The second-order valence-electron chi connectivity index (χ2n) is 6.40. The van der Waals surface area contributed by atoms with Crippen LogP contribution in [0.5, 0.6) is 0 Å². The van der Waals surface area contributed by atoms with E-state index in [2.05, 4.69) is 15.5 Å². The van der Waals surface area contributed by atoms with Crippen molar-refractivity contribution in [3.05, 3.63) is 30.1 Å². The maximum absolute atomic E-state index is 13.0. The summed E-state index contributed by atoms with van der Waals surface area (Å²) in [7, 11) is 1.64. The number of nitrogens with one attached hydrogen (secondary N) is 1. The third-order valence-corrected chi connectivity index (χ3v) is 5.21. The van der Waals surface area contributed by atoms with Crippen molar-refractivity contribution in [3.63, 3.8) is 0 Å². The van der Waals surface area contributed by atoms with Gasteiger partial charge in [-0.1, -0.05) is 0 Å². The van der Waals surface area contributed by atoms with Gasteiger partial charge in [-0.15, -0.1) is 0 Å². The van der Waals surface area contributed by atoms with Gasteiger partial charge >= 0.3 is 0 Å². The summed E-state index contributed by atoms with van der Waals surface area (Å²) in [6, 6.07) is 3.59. The van der Waals surface area contributed by atoms with E-state index in [0.29, 0.717) is 43.8 Å². The molecule has 4 rings (SSSR count). The van der Waals surface area contributed by atoms with Gasteiger partial charge < -0.3 is 15.0 Å². The molecular formula is C16H19N5O3. The Morgan fingerprint density at radius 1 is 1.42 bits per heavy atom. The largest absolute Gasteiger partial charge is 0.381 e. The zero-order chi connectivity index (χ0) is 16.7. The van der Waals surface area contributed by atoms with Gasteiger partial charge in [-0.05, 0) is 18.6 Å². The van der Waals surface area contributed by atoms with Gasteiger partial charge in [0.1, 0.15) is 5.52 Å². The minimum Gasteiger partial charge on any atom is -0.381 e. The first kappa shape index (κ1) is 15.1. The number of nitrogens with zero attached hydrogens (tertiary/aromatic N) is 4. The van der Waals surface area contributed by atoms with E-state index < -0.39 is 5.41 Å². The molecule has 1 N–H and O–H groups in total. The highest BCUT2D eigenvalue weighted by atomic mass is 16.5. The summed E-state index contributed by atoms with van der Waals surface area (Å²) in [5.74, 6) is -0.0987. The fourth-order valence-electron chi connectivity index (χ4n) is 3.89. The van der Waals surface area contributed by atoms with E-state index in [0.717, 1.165) is 0 Å². The van der Waals surface area contributed by atoms with Crippen molar-refractivity contribution in [2.75, 3.05) is 33.4 Å². The molecule has 0 saturated carbocycles. The van der Waals surface area contributed by atoms with Gasteiger partial charge in [-0.25, -0.2) is 0 Å². The molecule has 2 aliphatic rings. The van der Waals surface area contributed by atoms with Crippen LogP contribution in [-0.4, -0.2) is 64.9 Å². The summed E-state index contributed by atoms with van der Waals surface area (Å²) in [6.07, 6.45) is 3.80. The number of fused-ring (bicyclic) bond motifs is 2. The van der Waals surface area contributed by atoms with Gasteiger partial charge in [0.25, 0.3) is 5.91 Å². The van der Waals surface area contributed by atoms with E-state index in [1.807, 2.05) is 6.07 Å². The predicted octanol–water partition coefficient (Wildman–Crippen LogP) is -0.0460. The first-order valence-corrected chi connectivity index (χ1v) is 8.04. The molecule has 4 heterocycles. The molecule has 2 atom stereocenters. The maximum atomic E-state index is 13.0. The summed E-state index contributed by atoms with van der Waals surface area (Å²) >= 11 is 0. The van der Waals surface area contributed by atoms with Crippen LogP contribution in [0.1, 0.15) is 16.8 Å². The zero-order valence-corrected chi connectivity index (χ0v) is 13.4. The molecule has 2 amide bonds. The highest BCUT2D eigenvalue weighted by molar-refractivity contribution is 6.01. The third-order valence-electron chi connectivity index (χ3n) is 5.21. The molecule has 0 spiro atoms. The molecule has 8 nitrogen and oxygen atoms in total. The second kappa shape index (κ2) is 5.55. The molecule has 0 unspecified atom stereocenters. The van der Waals surface area contributed by atoms with Crippen LogP contribution < -0.4 is 5.32 Å². The van der Waals surface area contributed by atoms with E-state index in [1.165, 1.54) is 10.8 Å². The molecule has 24 heavy (non-hydrogen) atoms. The van der Waals surface area contributed by atoms with Crippen molar-refractivity contribution in [1.82, 2.24) is 25.0 Å². The Kier molecular flexibility index (Phi) is 3.49. The average Bonchev–Trinajstić information content (AvgIpc) is 3.22. The lowest BCUT2D eigenvalue weighted by Gasteiger charge is -2.36.